The standard InChI is InChI=1S/C10H23N3O2S/c1-3-11-9-5-7-10(8-6-9)13-16(14,15)12-4-2/h9-13H,3-8H2,1-2H3. The van der Waals surface area contributed by atoms with E-state index in [4.69, 9.17) is 0 Å². The van der Waals surface area contributed by atoms with Crippen LogP contribution in [0.25, 0.3) is 0 Å². The van der Waals surface area contributed by atoms with E-state index in [9.17, 15) is 8.42 Å². The van der Waals surface area contributed by atoms with Crippen molar-refractivity contribution in [3.05, 3.63) is 0 Å². The molecule has 0 aromatic rings. The Balaban J connectivity index is 2.32. The molecule has 0 radical (unpaired) electrons. The third-order valence-corrected chi connectivity index (χ3v) is 4.19. The van der Waals surface area contributed by atoms with Gasteiger partial charge in [0.2, 0.25) is 0 Å². The predicted octanol–water partition coefficient (Wildman–Crippen LogP) is 0.351. The van der Waals surface area contributed by atoms with Gasteiger partial charge in [-0.2, -0.15) is 13.1 Å². The van der Waals surface area contributed by atoms with Crippen molar-refractivity contribution in [3.63, 3.8) is 0 Å². The zero-order valence-electron chi connectivity index (χ0n) is 10.1. The summed E-state index contributed by atoms with van der Waals surface area (Å²) in [5.74, 6) is 0. The highest BCUT2D eigenvalue weighted by Crippen LogP contribution is 2.18. The molecular formula is C10H23N3O2S. The summed E-state index contributed by atoms with van der Waals surface area (Å²) in [5, 5.41) is 3.40. The Hall–Kier alpha value is -0.170. The van der Waals surface area contributed by atoms with Crippen molar-refractivity contribution in [2.24, 2.45) is 0 Å². The molecule has 1 aliphatic carbocycles. The Morgan fingerprint density at radius 1 is 1.00 bits per heavy atom. The van der Waals surface area contributed by atoms with E-state index < -0.39 is 10.2 Å². The van der Waals surface area contributed by atoms with Crippen molar-refractivity contribution >= 4 is 10.2 Å². The largest absolute Gasteiger partial charge is 0.314 e. The minimum absolute atomic E-state index is 0.0963. The Kier molecular flexibility index (Phi) is 5.68. The lowest BCUT2D eigenvalue weighted by atomic mass is 9.92. The average Bonchev–Trinajstić information content (AvgIpc) is 2.21. The summed E-state index contributed by atoms with van der Waals surface area (Å²) in [6, 6.07) is 0.656. The van der Waals surface area contributed by atoms with Gasteiger partial charge in [0.1, 0.15) is 0 Å². The van der Waals surface area contributed by atoms with Crippen LogP contribution in [0, 0.1) is 0 Å². The summed E-state index contributed by atoms with van der Waals surface area (Å²) in [6.45, 7) is 5.29. The molecule has 0 spiro atoms. The normalized spacial score (nSPS) is 26.9. The van der Waals surface area contributed by atoms with Gasteiger partial charge in [-0.3, -0.25) is 0 Å². The summed E-state index contributed by atoms with van der Waals surface area (Å²) in [6.07, 6.45) is 3.94. The van der Waals surface area contributed by atoms with Gasteiger partial charge in [-0.15, -0.1) is 0 Å². The van der Waals surface area contributed by atoms with Crippen LogP contribution in [0.5, 0.6) is 0 Å². The van der Waals surface area contributed by atoms with Crippen molar-refractivity contribution < 1.29 is 8.42 Å². The van der Waals surface area contributed by atoms with E-state index in [1.54, 1.807) is 6.92 Å². The number of nitrogens with one attached hydrogen (secondary N) is 3. The highest BCUT2D eigenvalue weighted by molar-refractivity contribution is 7.87. The Morgan fingerprint density at radius 2 is 1.56 bits per heavy atom. The molecule has 96 valence electrons. The molecule has 0 aliphatic heterocycles. The van der Waals surface area contributed by atoms with E-state index in [2.05, 4.69) is 21.7 Å². The zero-order chi connectivity index (χ0) is 12.0. The van der Waals surface area contributed by atoms with Crippen molar-refractivity contribution in [1.82, 2.24) is 14.8 Å². The lowest BCUT2D eigenvalue weighted by molar-refractivity contribution is 0.333. The zero-order valence-corrected chi connectivity index (χ0v) is 10.9. The molecule has 0 unspecified atom stereocenters. The van der Waals surface area contributed by atoms with E-state index in [1.807, 2.05) is 0 Å². The second kappa shape index (κ2) is 6.54. The maximum atomic E-state index is 11.5. The molecule has 1 rings (SSSR count). The monoisotopic (exact) mass is 249 g/mol. The van der Waals surface area contributed by atoms with Crippen LogP contribution >= 0.6 is 0 Å². The highest BCUT2D eigenvalue weighted by atomic mass is 32.2. The summed E-state index contributed by atoms with van der Waals surface area (Å²) in [7, 11) is -3.28. The second-order valence-corrected chi connectivity index (χ2v) is 5.76. The van der Waals surface area contributed by atoms with E-state index >= 15 is 0 Å². The van der Waals surface area contributed by atoms with Crippen molar-refractivity contribution in [3.8, 4) is 0 Å². The van der Waals surface area contributed by atoms with Crippen molar-refractivity contribution in [1.29, 1.82) is 0 Å². The third kappa shape index (κ3) is 4.78. The summed E-state index contributed by atoms with van der Waals surface area (Å²) >= 11 is 0. The minimum atomic E-state index is -3.28. The van der Waals surface area contributed by atoms with Crippen molar-refractivity contribution in [2.45, 2.75) is 51.6 Å². The lowest BCUT2D eigenvalue weighted by Crippen LogP contribution is -2.46. The fraction of sp³-hybridized carbons (Fsp3) is 1.00. The predicted molar refractivity (Wildman–Crippen MR) is 65.5 cm³/mol. The van der Waals surface area contributed by atoms with Gasteiger partial charge in [-0.1, -0.05) is 13.8 Å². The molecule has 16 heavy (non-hydrogen) atoms. The van der Waals surface area contributed by atoms with E-state index in [0.717, 1.165) is 32.2 Å². The smallest absolute Gasteiger partial charge is 0.277 e. The Labute approximate surface area is 98.6 Å². The average molecular weight is 249 g/mol. The fourth-order valence-electron chi connectivity index (χ4n) is 2.16. The van der Waals surface area contributed by atoms with Gasteiger partial charge in [0.05, 0.1) is 0 Å². The summed E-state index contributed by atoms with van der Waals surface area (Å²) in [4.78, 5) is 0. The van der Waals surface area contributed by atoms with Gasteiger partial charge in [0.25, 0.3) is 10.2 Å². The Bertz CT molecular complexity index is 284. The van der Waals surface area contributed by atoms with E-state index in [1.165, 1.54) is 0 Å². The topological polar surface area (TPSA) is 70.2 Å². The van der Waals surface area contributed by atoms with Gasteiger partial charge in [-0.25, -0.2) is 4.72 Å². The first-order valence-corrected chi connectivity index (χ1v) is 7.56. The number of rotatable bonds is 6. The molecular weight excluding hydrogens is 226 g/mol. The minimum Gasteiger partial charge on any atom is -0.314 e. The van der Waals surface area contributed by atoms with Crippen LogP contribution in [0.15, 0.2) is 0 Å². The first-order valence-electron chi connectivity index (χ1n) is 6.07. The van der Waals surface area contributed by atoms with Crippen LogP contribution in [0.1, 0.15) is 39.5 Å². The van der Waals surface area contributed by atoms with Gasteiger partial charge in [-0.05, 0) is 32.2 Å². The third-order valence-electron chi connectivity index (χ3n) is 2.88. The van der Waals surface area contributed by atoms with Crippen LogP contribution < -0.4 is 14.8 Å². The van der Waals surface area contributed by atoms with Crippen LogP contribution in [0.2, 0.25) is 0 Å². The SMILES string of the molecule is CCNC1CCC(NS(=O)(=O)NCC)CC1. The van der Waals surface area contributed by atoms with Crippen LogP contribution in [-0.4, -0.2) is 33.6 Å². The molecule has 6 heteroatoms. The molecule has 0 atom stereocenters. The molecule has 0 aromatic heterocycles. The molecule has 0 bridgehead atoms. The molecule has 0 aromatic carbocycles. The van der Waals surface area contributed by atoms with Gasteiger partial charge in [0.15, 0.2) is 0 Å². The molecule has 1 fully saturated rings. The van der Waals surface area contributed by atoms with Crippen molar-refractivity contribution in [2.75, 3.05) is 13.1 Å². The van der Waals surface area contributed by atoms with Gasteiger partial charge >= 0.3 is 0 Å². The fourth-order valence-corrected chi connectivity index (χ4v) is 3.29. The lowest BCUT2D eigenvalue weighted by Gasteiger charge is -2.29. The molecule has 0 saturated heterocycles. The second-order valence-electron chi connectivity index (χ2n) is 4.23. The molecule has 0 amide bonds. The molecule has 5 nitrogen and oxygen atoms in total. The molecule has 0 heterocycles. The quantitative estimate of drug-likeness (QED) is 0.636. The van der Waals surface area contributed by atoms with Gasteiger partial charge < -0.3 is 5.32 Å². The highest BCUT2D eigenvalue weighted by Gasteiger charge is 2.23. The summed E-state index contributed by atoms with van der Waals surface area (Å²) in [5.41, 5.74) is 0. The van der Waals surface area contributed by atoms with E-state index in [0.29, 0.717) is 12.6 Å². The molecule has 1 aliphatic rings. The van der Waals surface area contributed by atoms with Crippen LogP contribution in [0.4, 0.5) is 0 Å². The van der Waals surface area contributed by atoms with Gasteiger partial charge in [0, 0.05) is 18.6 Å². The molecule has 3 N–H and O–H groups in total. The Morgan fingerprint density at radius 3 is 2.06 bits per heavy atom. The van der Waals surface area contributed by atoms with E-state index in [-0.39, 0.29) is 6.04 Å². The molecule has 1 saturated carbocycles. The van der Waals surface area contributed by atoms with Crippen LogP contribution in [-0.2, 0) is 10.2 Å². The first kappa shape index (κ1) is 13.9. The maximum absolute atomic E-state index is 11.5. The summed E-state index contributed by atoms with van der Waals surface area (Å²) < 4.78 is 28.1. The number of hydrogen-bond donors (Lipinski definition) is 3. The number of hydrogen-bond acceptors (Lipinski definition) is 3. The first-order chi connectivity index (χ1) is 7.57. The van der Waals surface area contributed by atoms with Crippen LogP contribution in [0.3, 0.4) is 0 Å². The maximum Gasteiger partial charge on any atom is 0.277 e.